The second kappa shape index (κ2) is 10.6. The Labute approximate surface area is 263 Å². The van der Waals surface area contributed by atoms with E-state index in [-0.39, 0.29) is 0 Å². The van der Waals surface area contributed by atoms with Crippen LogP contribution in [0.1, 0.15) is 0 Å². The van der Waals surface area contributed by atoms with Gasteiger partial charge in [0, 0.05) is 57.8 Å². The van der Waals surface area contributed by atoms with Crippen LogP contribution in [0.2, 0.25) is 0 Å². The largest absolute Gasteiger partial charge is 0.455 e. The van der Waals surface area contributed by atoms with Crippen molar-refractivity contribution in [2.24, 2.45) is 0 Å². The second-order valence-corrected chi connectivity index (χ2v) is 11.0. The maximum absolute atomic E-state index is 6.92. The molecule has 0 aliphatic carbocycles. The van der Waals surface area contributed by atoms with Gasteiger partial charge in [0.2, 0.25) is 5.95 Å². The van der Waals surface area contributed by atoms with Crippen molar-refractivity contribution >= 4 is 32.8 Å². The Morgan fingerprint density at radius 2 is 1.04 bits per heavy atom. The third-order valence-electron chi connectivity index (χ3n) is 8.29. The highest BCUT2D eigenvalue weighted by molar-refractivity contribution is 6.22. The summed E-state index contributed by atoms with van der Waals surface area (Å²) in [5, 5.41) is 3.10. The molecule has 0 saturated heterocycles. The van der Waals surface area contributed by atoms with Gasteiger partial charge in [-0.2, -0.15) is 9.97 Å². The first-order chi connectivity index (χ1) is 22.8. The van der Waals surface area contributed by atoms with E-state index in [1.165, 1.54) is 0 Å². The molecule has 0 amide bonds. The van der Waals surface area contributed by atoms with Crippen molar-refractivity contribution in [2.45, 2.75) is 0 Å². The number of para-hydroxylation sites is 1. The van der Waals surface area contributed by atoms with Crippen LogP contribution in [0.4, 0.5) is 0 Å². The van der Waals surface area contributed by atoms with E-state index in [9.17, 15) is 0 Å². The first-order valence-corrected chi connectivity index (χ1v) is 15.0. The Morgan fingerprint density at radius 3 is 1.70 bits per heavy atom. The van der Waals surface area contributed by atoms with Crippen LogP contribution in [-0.2, 0) is 0 Å². The third-order valence-corrected chi connectivity index (χ3v) is 8.29. The molecule has 0 spiro atoms. The fourth-order valence-electron chi connectivity index (χ4n) is 6.23. The van der Waals surface area contributed by atoms with Gasteiger partial charge in [0.1, 0.15) is 11.3 Å². The molecule has 5 heterocycles. The predicted octanol–water partition coefficient (Wildman–Crippen LogP) is 9.17. The molecule has 0 unspecified atom stereocenters. The van der Waals surface area contributed by atoms with Crippen LogP contribution in [0.15, 0.2) is 151 Å². The molecule has 0 atom stereocenters. The van der Waals surface area contributed by atoms with Crippen LogP contribution in [-0.4, -0.2) is 29.5 Å². The number of hydrogen-bond donors (Lipinski definition) is 0. The van der Waals surface area contributed by atoms with E-state index in [0.29, 0.717) is 17.6 Å². The van der Waals surface area contributed by atoms with E-state index < -0.39 is 0 Å². The van der Waals surface area contributed by atoms with E-state index in [0.717, 1.165) is 66.4 Å². The highest BCUT2D eigenvalue weighted by Gasteiger charge is 2.24. The number of benzene rings is 4. The smallest absolute Gasteiger partial charge is 0.238 e. The van der Waals surface area contributed by atoms with Crippen molar-refractivity contribution in [1.29, 1.82) is 0 Å². The fourth-order valence-corrected chi connectivity index (χ4v) is 6.23. The lowest BCUT2D eigenvalue weighted by atomic mass is 9.98. The molecule has 0 aliphatic rings. The summed E-state index contributed by atoms with van der Waals surface area (Å²) in [6.07, 6.45) is 6.97. The van der Waals surface area contributed by atoms with Crippen LogP contribution in [0.3, 0.4) is 0 Å². The SMILES string of the molecule is c1ccc(-c2oc3c(ccc4c3c3ccccc3n4-c3nc(-c4ccncc4)nc(-c4ccncc4)n3)c2-c2ccccc2)cc1. The van der Waals surface area contributed by atoms with Crippen LogP contribution >= 0.6 is 0 Å². The highest BCUT2D eigenvalue weighted by Crippen LogP contribution is 2.45. The number of fused-ring (bicyclic) bond motifs is 5. The molecular weight excluding hydrogens is 568 g/mol. The quantitative estimate of drug-likeness (QED) is 0.198. The molecule has 0 fully saturated rings. The summed E-state index contributed by atoms with van der Waals surface area (Å²) < 4.78 is 9.02. The molecule has 0 N–H and O–H groups in total. The van der Waals surface area contributed by atoms with E-state index >= 15 is 0 Å². The van der Waals surface area contributed by atoms with Gasteiger partial charge >= 0.3 is 0 Å². The third kappa shape index (κ3) is 4.17. The van der Waals surface area contributed by atoms with Crippen molar-refractivity contribution in [3.63, 3.8) is 0 Å². The lowest BCUT2D eigenvalue weighted by molar-refractivity contribution is 0.636. The van der Waals surface area contributed by atoms with Gasteiger partial charge in [0.05, 0.1) is 16.4 Å². The summed E-state index contributed by atoms with van der Waals surface area (Å²) in [7, 11) is 0. The van der Waals surface area contributed by atoms with Gasteiger partial charge in [-0.15, -0.1) is 0 Å². The van der Waals surface area contributed by atoms with Gasteiger partial charge in [0.25, 0.3) is 0 Å². The van der Waals surface area contributed by atoms with Gasteiger partial charge in [0.15, 0.2) is 11.6 Å². The summed E-state index contributed by atoms with van der Waals surface area (Å²) in [4.78, 5) is 23.3. The van der Waals surface area contributed by atoms with Crippen LogP contribution in [0, 0.1) is 0 Å². The van der Waals surface area contributed by atoms with Gasteiger partial charge in [-0.3, -0.25) is 14.5 Å². The number of furan rings is 1. The Balaban J connectivity index is 1.38. The van der Waals surface area contributed by atoms with E-state index in [1.807, 2.05) is 54.6 Å². The predicted molar refractivity (Wildman–Crippen MR) is 181 cm³/mol. The maximum Gasteiger partial charge on any atom is 0.238 e. The lowest BCUT2D eigenvalue weighted by Crippen LogP contribution is -2.06. The molecule has 0 radical (unpaired) electrons. The molecule has 46 heavy (non-hydrogen) atoms. The van der Waals surface area contributed by atoms with E-state index in [1.54, 1.807) is 24.8 Å². The first kappa shape index (κ1) is 26.0. The summed E-state index contributed by atoms with van der Waals surface area (Å²) in [5.74, 6) is 2.47. The molecular formula is C39H24N6O. The van der Waals surface area contributed by atoms with E-state index in [4.69, 9.17) is 19.4 Å². The molecule has 0 aliphatic heterocycles. The summed E-state index contributed by atoms with van der Waals surface area (Å²) >= 11 is 0. The Morgan fingerprint density at radius 1 is 0.457 bits per heavy atom. The standard InChI is InChI=1S/C39H24N6O/c1-3-9-25(10-4-1)33-30-15-16-32-34(36(30)46-35(33)26-11-5-2-6-12-26)29-13-7-8-14-31(29)45(32)39-43-37(27-17-21-40-22-18-27)42-38(44-39)28-19-23-41-24-20-28/h1-24H. The molecule has 7 heteroatoms. The topological polar surface area (TPSA) is 82.5 Å². The minimum absolute atomic E-state index is 0.511. The van der Waals surface area contributed by atoms with Crippen LogP contribution in [0.25, 0.3) is 83.9 Å². The fraction of sp³-hybridized carbons (Fsp3) is 0. The first-order valence-electron chi connectivity index (χ1n) is 15.0. The van der Waals surface area contributed by atoms with Crippen molar-refractivity contribution in [3.05, 3.63) is 146 Å². The van der Waals surface area contributed by atoms with Gasteiger partial charge < -0.3 is 4.42 Å². The minimum atomic E-state index is 0.511. The minimum Gasteiger partial charge on any atom is -0.455 e. The average molecular weight is 593 g/mol. The lowest BCUT2D eigenvalue weighted by Gasteiger charge is -2.10. The Kier molecular flexibility index (Phi) is 5.99. The van der Waals surface area contributed by atoms with Crippen molar-refractivity contribution in [1.82, 2.24) is 29.5 Å². The highest BCUT2D eigenvalue weighted by atomic mass is 16.3. The normalized spacial score (nSPS) is 11.5. The molecule has 7 nitrogen and oxygen atoms in total. The van der Waals surface area contributed by atoms with Gasteiger partial charge in [-0.25, -0.2) is 4.98 Å². The van der Waals surface area contributed by atoms with E-state index in [2.05, 4.69) is 81.3 Å². The molecule has 9 aromatic rings. The summed E-state index contributed by atoms with van der Waals surface area (Å²) in [6, 6.07) is 41.0. The monoisotopic (exact) mass is 592 g/mol. The van der Waals surface area contributed by atoms with Gasteiger partial charge in [-0.05, 0) is 48.0 Å². The number of rotatable bonds is 5. The molecule has 216 valence electrons. The average Bonchev–Trinajstić information content (AvgIpc) is 3.69. The number of hydrogen-bond acceptors (Lipinski definition) is 6. The van der Waals surface area contributed by atoms with Crippen molar-refractivity contribution < 1.29 is 4.42 Å². The number of aromatic nitrogens is 6. The zero-order valence-corrected chi connectivity index (χ0v) is 24.4. The Hall–Kier alpha value is -6.47. The molecule has 9 rings (SSSR count). The van der Waals surface area contributed by atoms with Crippen molar-refractivity contribution in [3.8, 4) is 51.2 Å². The molecule has 0 bridgehead atoms. The molecule has 0 saturated carbocycles. The zero-order valence-electron chi connectivity index (χ0n) is 24.4. The molecule has 5 aromatic heterocycles. The van der Waals surface area contributed by atoms with Crippen molar-refractivity contribution in [2.75, 3.05) is 0 Å². The summed E-state index contributed by atoms with van der Waals surface area (Å²) in [5.41, 5.74) is 7.63. The zero-order chi connectivity index (χ0) is 30.5. The second-order valence-electron chi connectivity index (χ2n) is 11.0. The van der Waals surface area contributed by atoms with Gasteiger partial charge in [-0.1, -0.05) is 78.9 Å². The molecule has 4 aromatic carbocycles. The number of nitrogens with zero attached hydrogens (tertiary/aromatic N) is 6. The van der Waals surface area contributed by atoms with Crippen LogP contribution < -0.4 is 0 Å². The number of pyridine rings is 2. The van der Waals surface area contributed by atoms with Crippen LogP contribution in [0.5, 0.6) is 0 Å². The maximum atomic E-state index is 6.92. The Bertz CT molecular complexity index is 2450. The summed E-state index contributed by atoms with van der Waals surface area (Å²) in [6.45, 7) is 0.